The van der Waals surface area contributed by atoms with Gasteiger partial charge >= 0.3 is 7.95 Å². The van der Waals surface area contributed by atoms with Crippen LogP contribution in [0.5, 0.6) is 0 Å². The molecular weight excluding hydrogens is 375 g/mol. The normalized spacial score (nSPS) is 24.6. The molecule has 0 unspecified atom stereocenters. The molecule has 120 valence electrons. The van der Waals surface area contributed by atoms with Crippen molar-refractivity contribution in [1.82, 2.24) is 7.79 Å². The van der Waals surface area contributed by atoms with Gasteiger partial charge < -0.3 is 11.9 Å². The minimum Gasteiger partial charge on any atom is -0.411 e. The fourth-order valence-corrected chi connectivity index (χ4v) is 49.0. The first kappa shape index (κ1) is 19.6. The molecule has 1 fully saturated rings. The van der Waals surface area contributed by atoms with Crippen LogP contribution in [0, 0.1) is 0 Å². The zero-order chi connectivity index (χ0) is 16.4. The van der Waals surface area contributed by atoms with Crippen LogP contribution in [0.25, 0.3) is 0 Å². The molecule has 0 N–H and O–H groups in total. The van der Waals surface area contributed by atoms with Gasteiger partial charge in [0.15, 0.2) is 8.40 Å². The molecule has 0 spiro atoms. The maximum Gasteiger partial charge on any atom is 0.428 e. The van der Waals surface area contributed by atoms with Gasteiger partial charge in [-0.2, -0.15) is 0 Å². The lowest BCUT2D eigenvalue weighted by Gasteiger charge is -2.72. The summed E-state index contributed by atoms with van der Waals surface area (Å²) in [6, 6.07) is 0. The van der Waals surface area contributed by atoms with Crippen LogP contribution in [0.4, 0.5) is 0 Å². The van der Waals surface area contributed by atoms with Gasteiger partial charge in [0.1, 0.15) is 16.5 Å². The van der Waals surface area contributed by atoms with Crippen LogP contribution in [-0.2, 0) is 4.12 Å². The van der Waals surface area contributed by atoms with Crippen molar-refractivity contribution in [3.63, 3.8) is 0 Å². The Morgan fingerprint density at radius 2 is 1.10 bits per heavy atom. The largest absolute Gasteiger partial charge is 0.428 e. The molecule has 0 aromatic heterocycles. The summed E-state index contributed by atoms with van der Waals surface area (Å²) in [5.74, 6) is 0. The quantitative estimate of drug-likeness (QED) is 0.502. The molecule has 0 aromatic rings. The van der Waals surface area contributed by atoms with Gasteiger partial charge in [-0.1, -0.05) is 50.4 Å². The maximum absolute atomic E-state index is 7.20. The predicted molar refractivity (Wildman–Crippen MR) is 104 cm³/mol. The van der Waals surface area contributed by atoms with Crippen LogP contribution >= 0.6 is 22.2 Å². The van der Waals surface area contributed by atoms with Crippen molar-refractivity contribution in [2.75, 3.05) is 0 Å². The molecule has 0 amide bonds. The Balaban J connectivity index is 3.33. The van der Waals surface area contributed by atoms with E-state index in [1.165, 1.54) is 0 Å². The lowest BCUT2D eigenvalue weighted by atomic mass is 11.8. The minimum absolute atomic E-state index is 1.52. The van der Waals surface area contributed by atoms with Gasteiger partial charge in [0.2, 0.25) is 0 Å². The maximum atomic E-state index is 7.20. The molecular formula is C10H30Cl2N2OSi5. The summed E-state index contributed by atoms with van der Waals surface area (Å²) >= 11 is 13.7. The van der Waals surface area contributed by atoms with E-state index in [9.17, 15) is 0 Å². The average Bonchev–Trinajstić information content (AvgIpc) is 1.86. The van der Waals surface area contributed by atoms with E-state index in [1.807, 2.05) is 13.1 Å². The van der Waals surface area contributed by atoms with Gasteiger partial charge in [0.05, 0.1) is 0 Å². The fraction of sp³-hybridized carbons (Fsp3) is 1.00. The lowest BCUT2D eigenvalue weighted by molar-refractivity contribution is 0.427. The van der Waals surface area contributed by atoms with E-state index >= 15 is 0 Å². The zero-order valence-electron chi connectivity index (χ0n) is 14.6. The molecule has 0 saturated carbocycles. The van der Waals surface area contributed by atoms with Gasteiger partial charge in [-0.15, -0.1) is 11.1 Å². The zero-order valence-corrected chi connectivity index (χ0v) is 21.1. The molecule has 10 heteroatoms. The van der Waals surface area contributed by atoms with Crippen molar-refractivity contribution >= 4 is 62.6 Å². The first-order chi connectivity index (χ1) is 8.44. The highest BCUT2D eigenvalue weighted by molar-refractivity contribution is 7.37. The molecule has 0 aliphatic carbocycles. The second kappa shape index (κ2) is 5.28. The monoisotopic (exact) mass is 404 g/mol. The summed E-state index contributed by atoms with van der Waals surface area (Å²) in [5.41, 5.74) is 0. The smallest absolute Gasteiger partial charge is 0.411 e. The average molecular weight is 406 g/mol. The van der Waals surface area contributed by atoms with E-state index in [0.717, 1.165) is 0 Å². The molecule has 0 aromatic carbocycles. The van der Waals surface area contributed by atoms with E-state index in [1.54, 1.807) is 0 Å². The number of halogens is 2. The summed E-state index contributed by atoms with van der Waals surface area (Å²) in [6.07, 6.45) is 0. The molecule has 1 rings (SSSR count). The minimum atomic E-state index is -2.54. The Hall–Kier alpha value is 1.54. The van der Waals surface area contributed by atoms with Gasteiger partial charge in [-0.3, -0.25) is 0 Å². The van der Waals surface area contributed by atoms with E-state index in [-0.39, 0.29) is 0 Å². The molecule has 1 heterocycles. The molecule has 20 heavy (non-hydrogen) atoms. The Bertz CT molecular complexity index is 365. The highest BCUT2D eigenvalue weighted by atomic mass is 35.6. The second-order valence-corrected chi connectivity index (χ2v) is 34.3. The van der Waals surface area contributed by atoms with Crippen LogP contribution in [-0.4, -0.2) is 48.2 Å². The van der Waals surface area contributed by atoms with Crippen molar-refractivity contribution in [3.8, 4) is 0 Å². The van der Waals surface area contributed by atoms with Crippen LogP contribution in [0.15, 0.2) is 0 Å². The standard InChI is InChI=1S/C10H30Cl2N2OSi5/c1-16(2,3)13-19(9,10)14(17(4,5)6)20(13,12)15-18(7,8)11/h1-10H3. The second-order valence-electron chi connectivity index (χ2n) is 8.50. The van der Waals surface area contributed by atoms with Crippen molar-refractivity contribution in [2.24, 2.45) is 0 Å². The summed E-state index contributed by atoms with van der Waals surface area (Å²) in [7, 11) is -9.42. The van der Waals surface area contributed by atoms with Gasteiger partial charge in [0.25, 0.3) is 7.63 Å². The molecule has 0 bridgehead atoms. The number of hydrogen-bond acceptors (Lipinski definition) is 3. The molecule has 0 radical (unpaired) electrons. The van der Waals surface area contributed by atoms with Crippen LogP contribution in [0.2, 0.25) is 65.5 Å². The van der Waals surface area contributed by atoms with Crippen LogP contribution in [0.1, 0.15) is 0 Å². The Morgan fingerprint density at radius 1 is 0.800 bits per heavy atom. The van der Waals surface area contributed by atoms with Gasteiger partial charge in [-0.05, 0) is 26.2 Å². The van der Waals surface area contributed by atoms with Gasteiger partial charge in [0, 0.05) is 0 Å². The SMILES string of the molecule is C[Si](C)(Cl)O[Si]1(Cl)N([Si](C)(C)C)[Si](C)(C)N1[Si](C)(C)C. The topological polar surface area (TPSA) is 15.7 Å². The number of nitrogens with zero attached hydrogens (tertiary/aromatic N) is 2. The van der Waals surface area contributed by atoms with Crippen molar-refractivity contribution in [2.45, 2.75) is 65.5 Å². The number of rotatable bonds is 4. The summed E-state index contributed by atoms with van der Waals surface area (Å²) in [5, 5.41) is 0. The molecule has 1 aliphatic heterocycles. The third kappa shape index (κ3) is 3.54. The molecule has 0 atom stereocenters. The van der Waals surface area contributed by atoms with Crippen molar-refractivity contribution < 1.29 is 4.12 Å². The Morgan fingerprint density at radius 3 is 1.30 bits per heavy atom. The molecule has 1 saturated heterocycles. The molecule has 3 nitrogen and oxygen atoms in total. The van der Waals surface area contributed by atoms with Crippen molar-refractivity contribution in [1.29, 1.82) is 0 Å². The Labute approximate surface area is 139 Å². The summed E-state index contributed by atoms with van der Waals surface area (Å²) in [4.78, 5) is 0. The van der Waals surface area contributed by atoms with E-state index in [0.29, 0.717) is 0 Å². The van der Waals surface area contributed by atoms with Crippen molar-refractivity contribution in [3.05, 3.63) is 0 Å². The van der Waals surface area contributed by atoms with E-state index < -0.39 is 40.4 Å². The first-order valence-electron chi connectivity index (χ1n) is 7.13. The first-order valence-corrected chi connectivity index (χ1v) is 23.7. The predicted octanol–water partition coefficient (Wildman–Crippen LogP) is 4.61. The summed E-state index contributed by atoms with van der Waals surface area (Å²) < 4.78 is 11.8. The van der Waals surface area contributed by atoms with E-state index in [4.69, 9.17) is 26.3 Å². The fourth-order valence-electron chi connectivity index (χ4n) is 3.70. The van der Waals surface area contributed by atoms with E-state index in [2.05, 4.69) is 60.2 Å². The van der Waals surface area contributed by atoms with Crippen LogP contribution < -0.4 is 0 Å². The highest BCUT2D eigenvalue weighted by Gasteiger charge is 2.74. The molecule has 1 aliphatic rings. The van der Waals surface area contributed by atoms with Crippen LogP contribution in [0.3, 0.4) is 0 Å². The third-order valence-corrected chi connectivity index (χ3v) is 34.7. The highest BCUT2D eigenvalue weighted by Crippen LogP contribution is 2.49. The Kier molecular flexibility index (Phi) is 5.17. The number of hydrogen-bond donors (Lipinski definition) is 0. The van der Waals surface area contributed by atoms with Gasteiger partial charge in [-0.25, -0.2) is 0 Å². The summed E-state index contributed by atoms with van der Waals surface area (Å²) in [6.45, 7) is 23.1. The lowest BCUT2D eigenvalue weighted by Crippen LogP contribution is -2.98. The third-order valence-electron chi connectivity index (χ3n) is 3.36.